The van der Waals surface area contributed by atoms with Crippen molar-refractivity contribution in [2.45, 2.75) is 44.8 Å². The zero-order chi connectivity index (χ0) is 17.6. The first-order valence-electron chi connectivity index (χ1n) is 9.06. The molecule has 0 saturated carbocycles. The van der Waals surface area contributed by atoms with E-state index >= 15 is 0 Å². The summed E-state index contributed by atoms with van der Waals surface area (Å²) in [5.41, 5.74) is 3.45. The molecule has 2 aromatic carbocycles. The summed E-state index contributed by atoms with van der Waals surface area (Å²) in [6.45, 7) is 5.01. The van der Waals surface area contributed by atoms with Crippen molar-refractivity contribution in [3.8, 4) is 0 Å². The Balaban J connectivity index is 1.78. The molecule has 4 heteroatoms. The standard InChI is InChI=1S/C21H23F2NO/c1-3-12(2)13-7-8-18-15(11-13)21-14(9-10-25-21)20(24-18)19-16(22)5-4-6-17(19)23/h4-8,11-12,14,20-21,24H,3,9-10H2,1-2H3. The average molecular weight is 343 g/mol. The number of benzene rings is 2. The maximum atomic E-state index is 14.4. The molecule has 0 aromatic heterocycles. The van der Waals surface area contributed by atoms with Crippen LogP contribution in [-0.2, 0) is 4.74 Å². The molecule has 2 aliphatic rings. The zero-order valence-electron chi connectivity index (χ0n) is 14.6. The Hall–Kier alpha value is -1.94. The highest BCUT2D eigenvalue weighted by Gasteiger charge is 2.43. The predicted octanol–water partition coefficient (Wildman–Crippen LogP) is 5.72. The van der Waals surface area contributed by atoms with Gasteiger partial charge in [-0.15, -0.1) is 0 Å². The number of ether oxygens (including phenoxy) is 1. The third kappa shape index (κ3) is 2.73. The molecule has 2 nitrogen and oxygen atoms in total. The molecule has 25 heavy (non-hydrogen) atoms. The number of halogens is 2. The van der Waals surface area contributed by atoms with E-state index in [2.05, 4.69) is 31.3 Å². The summed E-state index contributed by atoms with van der Waals surface area (Å²) in [6.07, 6.45) is 1.76. The molecule has 0 amide bonds. The highest BCUT2D eigenvalue weighted by atomic mass is 19.1. The third-order valence-corrected chi connectivity index (χ3v) is 5.75. The quantitative estimate of drug-likeness (QED) is 0.769. The van der Waals surface area contributed by atoms with Crippen molar-refractivity contribution in [2.75, 3.05) is 11.9 Å². The van der Waals surface area contributed by atoms with E-state index in [1.165, 1.54) is 23.8 Å². The summed E-state index contributed by atoms with van der Waals surface area (Å²) in [4.78, 5) is 0. The third-order valence-electron chi connectivity index (χ3n) is 5.75. The van der Waals surface area contributed by atoms with Gasteiger partial charge in [-0.25, -0.2) is 8.78 Å². The van der Waals surface area contributed by atoms with Crippen molar-refractivity contribution >= 4 is 5.69 Å². The van der Waals surface area contributed by atoms with Crippen molar-refractivity contribution in [3.63, 3.8) is 0 Å². The largest absolute Gasteiger partial charge is 0.377 e. The summed E-state index contributed by atoms with van der Waals surface area (Å²) in [6, 6.07) is 9.98. The molecule has 0 bridgehead atoms. The molecule has 1 saturated heterocycles. The fraction of sp³-hybridized carbons (Fsp3) is 0.429. The Morgan fingerprint density at radius 1 is 1.20 bits per heavy atom. The van der Waals surface area contributed by atoms with Crippen LogP contribution in [0.15, 0.2) is 36.4 Å². The van der Waals surface area contributed by atoms with Gasteiger partial charge < -0.3 is 10.1 Å². The van der Waals surface area contributed by atoms with E-state index in [4.69, 9.17) is 4.74 Å². The van der Waals surface area contributed by atoms with Crippen molar-refractivity contribution in [3.05, 3.63) is 64.7 Å². The number of fused-ring (bicyclic) bond motifs is 3. The minimum atomic E-state index is -0.497. The van der Waals surface area contributed by atoms with Crippen LogP contribution in [0.25, 0.3) is 0 Å². The van der Waals surface area contributed by atoms with E-state index in [1.54, 1.807) is 0 Å². The molecule has 1 fully saturated rings. The number of hydrogen-bond donors (Lipinski definition) is 1. The van der Waals surface area contributed by atoms with E-state index in [-0.39, 0.29) is 17.6 Å². The van der Waals surface area contributed by atoms with Crippen LogP contribution < -0.4 is 5.32 Å². The fourth-order valence-corrected chi connectivity index (χ4v) is 4.13. The lowest BCUT2D eigenvalue weighted by Crippen LogP contribution is -2.30. The second kappa shape index (κ2) is 6.41. The van der Waals surface area contributed by atoms with Gasteiger partial charge in [-0.2, -0.15) is 0 Å². The lowest BCUT2D eigenvalue weighted by atomic mass is 9.79. The molecular weight excluding hydrogens is 320 g/mol. The van der Waals surface area contributed by atoms with E-state index in [0.29, 0.717) is 12.5 Å². The minimum absolute atomic E-state index is 0.0334. The molecule has 4 rings (SSSR count). The molecule has 2 aromatic rings. The SMILES string of the molecule is CCC(C)c1ccc2c(c1)C1OCCC1C(c1c(F)cccc1F)N2. The van der Waals surface area contributed by atoms with E-state index in [9.17, 15) is 8.78 Å². The molecule has 2 heterocycles. The monoisotopic (exact) mass is 343 g/mol. The topological polar surface area (TPSA) is 21.3 Å². The molecule has 2 aliphatic heterocycles. The van der Waals surface area contributed by atoms with Crippen molar-refractivity contribution in [1.82, 2.24) is 0 Å². The highest BCUT2D eigenvalue weighted by molar-refractivity contribution is 5.59. The van der Waals surface area contributed by atoms with Gasteiger partial charge in [0, 0.05) is 29.3 Å². The smallest absolute Gasteiger partial charge is 0.131 e. The summed E-state index contributed by atoms with van der Waals surface area (Å²) in [7, 11) is 0. The summed E-state index contributed by atoms with van der Waals surface area (Å²) in [5, 5.41) is 3.39. The first-order chi connectivity index (χ1) is 12.1. The van der Waals surface area contributed by atoms with Gasteiger partial charge in [-0.1, -0.05) is 32.0 Å². The summed E-state index contributed by atoms with van der Waals surface area (Å²) >= 11 is 0. The average Bonchev–Trinajstić information content (AvgIpc) is 3.10. The molecule has 132 valence electrons. The minimum Gasteiger partial charge on any atom is -0.377 e. The van der Waals surface area contributed by atoms with Crippen LogP contribution in [0.1, 0.15) is 61.4 Å². The zero-order valence-corrected chi connectivity index (χ0v) is 14.6. The van der Waals surface area contributed by atoms with Crippen LogP contribution in [0.3, 0.4) is 0 Å². The van der Waals surface area contributed by atoms with E-state index in [0.717, 1.165) is 24.1 Å². The van der Waals surface area contributed by atoms with Crippen LogP contribution in [0, 0.1) is 17.6 Å². The van der Waals surface area contributed by atoms with Gasteiger partial charge in [0.15, 0.2) is 0 Å². The summed E-state index contributed by atoms with van der Waals surface area (Å²) in [5.74, 6) is -0.483. The van der Waals surface area contributed by atoms with Gasteiger partial charge in [-0.3, -0.25) is 0 Å². The Kier molecular flexibility index (Phi) is 4.24. The van der Waals surface area contributed by atoms with E-state index < -0.39 is 17.7 Å². The molecular formula is C21H23F2NO. The Labute approximate surface area is 147 Å². The van der Waals surface area contributed by atoms with Gasteiger partial charge in [-0.05, 0) is 42.5 Å². The molecule has 4 atom stereocenters. The number of anilines is 1. The second-order valence-corrected chi connectivity index (χ2v) is 7.16. The second-order valence-electron chi connectivity index (χ2n) is 7.16. The van der Waals surface area contributed by atoms with Crippen LogP contribution in [0.2, 0.25) is 0 Å². The first kappa shape index (κ1) is 16.5. The van der Waals surface area contributed by atoms with Gasteiger partial charge in [0.2, 0.25) is 0 Å². The maximum Gasteiger partial charge on any atom is 0.131 e. The Morgan fingerprint density at radius 3 is 2.68 bits per heavy atom. The maximum absolute atomic E-state index is 14.4. The fourth-order valence-electron chi connectivity index (χ4n) is 4.13. The van der Waals surface area contributed by atoms with Crippen LogP contribution in [0.4, 0.5) is 14.5 Å². The number of hydrogen-bond acceptors (Lipinski definition) is 2. The van der Waals surface area contributed by atoms with Crippen LogP contribution in [0.5, 0.6) is 0 Å². The first-order valence-corrected chi connectivity index (χ1v) is 9.06. The molecule has 4 unspecified atom stereocenters. The Morgan fingerprint density at radius 2 is 1.96 bits per heavy atom. The predicted molar refractivity (Wildman–Crippen MR) is 94.7 cm³/mol. The van der Waals surface area contributed by atoms with Crippen molar-refractivity contribution in [2.24, 2.45) is 5.92 Å². The van der Waals surface area contributed by atoms with Gasteiger partial charge in [0.25, 0.3) is 0 Å². The lowest BCUT2D eigenvalue weighted by molar-refractivity contribution is 0.0822. The van der Waals surface area contributed by atoms with Crippen LogP contribution in [-0.4, -0.2) is 6.61 Å². The normalized spacial score (nSPS) is 25.8. The van der Waals surface area contributed by atoms with Gasteiger partial charge in [0.05, 0.1) is 12.1 Å². The van der Waals surface area contributed by atoms with Crippen LogP contribution >= 0.6 is 0 Å². The van der Waals surface area contributed by atoms with E-state index in [1.807, 2.05) is 6.07 Å². The molecule has 0 aliphatic carbocycles. The number of nitrogens with one attached hydrogen (secondary N) is 1. The van der Waals surface area contributed by atoms with Crippen molar-refractivity contribution in [1.29, 1.82) is 0 Å². The van der Waals surface area contributed by atoms with Crippen molar-refractivity contribution < 1.29 is 13.5 Å². The molecule has 0 radical (unpaired) electrons. The van der Waals surface area contributed by atoms with Gasteiger partial charge in [0.1, 0.15) is 11.6 Å². The van der Waals surface area contributed by atoms with Gasteiger partial charge >= 0.3 is 0 Å². The lowest BCUT2D eigenvalue weighted by Gasteiger charge is -2.37. The Bertz CT molecular complexity index is 771. The highest BCUT2D eigenvalue weighted by Crippen LogP contribution is 2.51. The number of rotatable bonds is 3. The molecule has 1 N–H and O–H groups in total. The summed E-state index contributed by atoms with van der Waals surface area (Å²) < 4.78 is 34.7. The molecule has 0 spiro atoms.